The fourth-order valence-corrected chi connectivity index (χ4v) is 1.44. The topological polar surface area (TPSA) is 33.2 Å². The number of carbonyl (C=O) groups is 1. The van der Waals surface area contributed by atoms with Crippen molar-refractivity contribution in [3.8, 4) is 0 Å². The largest absolute Gasteiger partial charge is 0.334 e. The van der Waals surface area contributed by atoms with E-state index in [1.165, 1.54) is 11.1 Å². The molecule has 3 heteroatoms. The molecule has 0 atom stereocenters. The summed E-state index contributed by atoms with van der Waals surface area (Å²) in [6, 6.07) is 1.97. The lowest BCUT2D eigenvalue weighted by atomic mass is 10.2. The average Bonchev–Trinajstić information content (AvgIpc) is 2.46. The number of hydrogen-bond acceptors (Lipinski definition) is 2. The molecule has 12 heavy (non-hydrogen) atoms. The van der Waals surface area contributed by atoms with Crippen LogP contribution in [0.5, 0.6) is 0 Å². The van der Waals surface area contributed by atoms with Crippen LogP contribution in [0.25, 0.3) is 0 Å². The van der Waals surface area contributed by atoms with Crippen molar-refractivity contribution in [3.05, 3.63) is 29.6 Å². The summed E-state index contributed by atoms with van der Waals surface area (Å²) in [6.07, 6.45) is 3.60. The average molecular weight is 162 g/mol. The van der Waals surface area contributed by atoms with E-state index in [9.17, 15) is 4.79 Å². The van der Waals surface area contributed by atoms with Gasteiger partial charge in [-0.3, -0.25) is 9.78 Å². The Kier molecular flexibility index (Phi) is 1.57. The van der Waals surface area contributed by atoms with Crippen LogP contribution < -0.4 is 0 Å². The Bertz CT molecular complexity index is 297. The fourth-order valence-electron chi connectivity index (χ4n) is 1.44. The van der Waals surface area contributed by atoms with Crippen molar-refractivity contribution in [3.63, 3.8) is 0 Å². The first-order valence-electron chi connectivity index (χ1n) is 3.94. The molecule has 0 saturated heterocycles. The van der Waals surface area contributed by atoms with E-state index in [1.54, 1.807) is 13.1 Å². The summed E-state index contributed by atoms with van der Waals surface area (Å²) in [5.41, 5.74) is 2.40. The Morgan fingerprint density at radius 3 is 2.92 bits per heavy atom. The number of carbonyl (C=O) groups excluding carboxylic acids is 1. The first kappa shape index (κ1) is 7.28. The summed E-state index contributed by atoms with van der Waals surface area (Å²) >= 11 is 0. The van der Waals surface area contributed by atoms with Crippen LogP contribution in [0.3, 0.4) is 0 Å². The maximum Gasteiger partial charge on any atom is 0.220 e. The number of nitrogens with zero attached hydrogens (tertiary/aromatic N) is 2. The smallest absolute Gasteiger partial charge is 0.220 e. The van der Waals surface area contributed by atoms with Crippen LogP contribution in [0.15, 0.2) is 18.5 Å². The summed E-state index contributed by atoms with van der Waals surface area (Å²) in [7, 11) is 0. The van der Waals surface area contributed by atoms with Crippen LogP contribution in [-0.2, 0) is 17.9 Å². The van der Waals surface area contributed by atoms with Crippen LogP contribution >= 0.6 is 0 Å². The third kappa shape index (κ3) is 1.07. The first-order valence-corrected chi connectivity index (χ1v) is 3.94. The number of amides is 1. The van der Waals surface area contributed by atoms with Crippen molar-refractivity contribution in [2.24, 2.45) is 0 Å². The molecular weight excluding hydrogens is 152 g/mol. The minimum absolute atomic E-state index is 0.131. The van der Waals surface area contributed by atoms with Crippen molar-refractivity contribution in [1.29, 1.82) is 0 Å². The van der Waals surface area contributed by atoms with Gasteiger partial charge in [-0.2, -0.15) is 0 Å². The summed E-state index contributed by atoms with van der Waals surface area (Å²) in [5, 5.41) is 0. The molecule has 0 spiro atoms. The predicted octanol–water partition coefficient (Wildman–Crippen LogP) is 0.944. The van der Waals surface area contributed by atoms with Gasteiger partial charge in [0.1, 0.15) is 0 Å². The maximum absolute atomic E-state index is 11.0. The standard InChI is InChI=1S/C9H10N2O/c1-7(12)11-5-8-2-3-10-4-9(8)6-11/h2-4H,5-6H2,1H3. The highest BCUT2D eigenvalue weighted by Crippen LogP contribution is 2.20. The first-order chi connectivity index (χ1) is 5.77. The van der Waals surface area contributed by atoms with E-state index in [2.05, 4.69) is 4.98 Å². The molecule has 0 aromatic carbocycles. The molecular formula is C9H10N2O. The van der Waals surface area contributed by atoms with Crippen molar-refractivity contribution in [1.82, 2.24) is 9.88 Å². The van der Waals surface area contributed by atoms with Gasteiger partial charge < -0.3 is 4.90 Å². The van der Waals surface area contributed by atoms with Crippen molar-refractivity contribution in [2.75, 3.05) is 0 Å². The molecule has 1 aromatic rings. The van der Waals surface area contributed by atoms with Crippen LogP contribution in [0, 0.1) is 0 Å². The zero-order valence-electron chi connectivity index (χ0n) is 6.95. The highest BCUT2D eigenvalue weighted by atomic mass is 16.2. The number of pyridine rings is 1. The summed E-state index contributed by atoms with van der Waals surface area (Å²) < 4.78 is 0. The van der Waals surface area contributed by atoms with Crippen LogP contribution in [0.2, 0.25) is 0 Å². The van der Waals surface area contributed by atoms with E-state index in [-0.39, 0.29) is 5.91 Å². The van der Waals surface area contributed by atoms with E-state index < -0.39 is 0 Å². The zero-order chi connectivity index (χ0) is 8.55. The van der Waals surface area contributed by atoms with Gasteiger partial charge in [0, 0.05) is 32.4 Å². The van der Waals surface area contributed by atoms with E-state index in [0.29, 0.717) is 0 Å². The molecule has 0 N–H and O–H groups in total. The van der Waals surface area contributed by atoms with E-state index in [0.717, 1.165) is 13.1 Å². The highest BCUT2D eigenvalue weighted by Gasteiger charge is 2.19. The predicted molar refractivity (Wildman–Crippen MR) is 44.2 cm³/mol. The van der Waals surface area contributed by atoms with Gasteiger partial charge in [0.2, 0.25) is 5.91 Å². The molecule has 0 unspecified atom stereocenters. The van der Waals surface area contributed by atoms with E-state index >= 15 is 0 Å². The Labute approximate surface area is 71.0 Å². The molecule has 0 radical (unpaired) electrons. The second-order valence-corrected chi connectivity index (χ2v) is 3.02. The normalized spacial score (nSPS) is 14.6. The van der Waals surface area contributed by atoms with Crippen LogP contribution in [0.1, 0.15) is 18.1 Å². The molecule has 1 aliphatic rings. The SMILES string of the molecule is CC(=O)N1Cc2ccncc2C1. The van der Waals surface area contributed by atoms with Gasteiger partial charge in [-0.1, -0.05) is 0 Å². The molecule has 0 aliphatic carbocycles. The van der Waals surface area contributed by atoms with Gasteiger partial charge in [0.25, 0.3) is 0 Å². The molecule has 3 nitrogen and oxygen atoms in total. The molecule has 0 bridgehead atoms. The Hall–Kier alpha value is -1.38. The molecule has 2 heterocycles. The zero-order valence-corrected chi connectivity index (χ0v) is 6.95. The monoisotopic (exact) mass is 162 g/mol. The maximum atomic E-state index is 11.0. The number of hydrogen-bond donors (Lipinski definition) is 0. The summed E-state index contributed by atoms with van der Waals surface area (Å²) in [6.45, 7) is 3.06. The third-order valence-corrected chi connectivity index (χ3v) is 2.17. The summed E-state index contributed by atoms with van der Waals surface area (Å²) in [4.78, 5) is 16.8. The number of aromatic nitrogens is 1. The number of fused-ring (bicyclic) bond motifs is 1. The molecule has 62 valence electrons. The molecule has 0 fully saturated rings. The minimum atomic E-state index is 0.131. The van der Waals surface area contributed by atoms with Crippen LogP contribution in [0.4, 0.5) is 0 Å². The fraction of sp³-hybridized carbons (Fsp3) is 0.333. The molecule has 2 rings (SSSR count). The highest BCUT2D eigenvalue weighted by molar-refractivity contribution is 5.74. The van der Waals surface area contributed by atoms with E-state index in [1.807, 2.05) is 17.2 Å². The van der Waals surface area contributed by atoms with Crippen molar-refractivity contribution < 1.29 is 4.79 Å². The lowest BCUT2D eigenvalue weighted by Gasteiger charge is -2.10. The second-order valence-electron chi connectivity index (χ2n) is 3.02. The Morgan fingerprint density at radius 2 is 2.25 bits per heavy atom. The molecule has 1 aromatic heterocycles. The van der Waals surface area contributed by atoms with Gasteiger partial charge in [-0.25, -0.2) is 0 Å². The Balaban J connectivity index is 2.27. The molecule has 0 saturated carbocycles. The van der Waals surface area contributed by atoms with Gasteiger partial charge >= 0.3 is 0 Å². The third-order valence-electron chi connectivity index (χ3n) is 2.17. The second kappa shape index (κ2) is 2.59. The molecule has 1 amide bonds. The van der Waals surface area contributed by atoms with E-state index in [4.69, 9.17) is 0 Å². The van der Waals surface area contributed by atoms with Gasteiger partial charge in [-0.15, -0.1) is 0 Å². The van der Waals surface area contributed by atoms with Gasteiger partial charge in [-0.05, 0) is 17.2 Å². The lowest BCUT2D eigenvalue weighted by Crippen LogP contribution is -2.21. The quantitative estimate of drug-likeness (QED) is 0.569. The van der Waals surface area contributed by atoms with Crippen LogP contribution in [-0.4, -0.2) is 15.8 Å². The minimum Gasteiger partial charge on any atom is -0.334 e. The number of rotatable bonds is 0. The van der Waals surface area contributed by atoms with Crippen molar-refractivity contribution in [2.45, 2.75) is 20.0 Å². The van der Waals surface area contributed by atoms with Gasteiger partial charge in [0.05, 0.1) is 0 Å². The molecule has 1 aliphatic heterocycles. The van der Waals surface area contributed by atoms with Gasteiger partial charge in [0.15, 0.2) is 0 Å². The summed E-state index contributed by atoms with van der Waals surface area (Å²) in [5.74, 6) is 0.131. The van der Waals surface area contributed by atoms with Crippen molar-refractivity contribution >= 4 is 5.91 Å². The Morgan fingerprint density at radius 1 is 1.50 bits per heavy atom. The lowest BCUT2D eigenvalue weighted by molar-refractivity contribution is -0.129.